The minimum Gasteiger partial charge on any atom is -0.508 e. The predicted molar refractivity (Wildman–Crippen MR) is 136 cm³/mol. The number of aliphatic hydroxyl groups excluding tert-OH is 4. The van der Waals surface area contributed by atoms with Gasteiger partial charge in [-0.15, -0.1) is 0 Å². The van der Waals surface area contributed by atoms with Crippen molar-refractivity contribution in [3.8, 4) is 23.0 Å². The van der Waals surface area contributed by atoms with Gasteiger partial charge < -0.3 is 45.2 Å². The van der Waals surface area contributed by atoms with E-state index < -0.39 is 54.6 Å². The predicted octanol–water partition coefficient (Wildman–Crippen LogP) is 0.136. The molecule has 0 aromatic heterocycles. The molecule has 3 rings (SSSR count). The summed E-state index contributed by atoms with van der Waals surface area (Å²) in [4.78, 5) is 12.8. The highest BCUT2D eigenvalue weighted by Gasteiger charge is 2.45. The summed E-state index contributed by atoms with van der Waals surface area (Å²) in [6.45, 7) is -0.672. The van der Waals surface area contributed by atoms with Gasteiger partial charge in [-0.3, -0.25) is 4.79 Å². The fraction of sp³-hybridized carbons (Fsp3) is 0.381. The quantitative estimate of drug-likeness (QED) is 0.240. The van der Waals surface area contributed by atoms with Gasteiger partial charge in [0.25, 0.3) is 0 Å². The lowest BCUT2D eigenvalue weighted by molar-refractivity contribution is -0.277. The van der Waals surface area contributed by atoms with E-state index in [0.717, 1.165) is 17.7 Å². The topological polar surface area (TPSA) is 177 Å². The molecule has 0 aliphatic carbocycles. The number of rotatable bonds is 7. The second-order valence-corrected chi connectivity index (χ2v) is 7.24. The normalized spacial score (nSPS) is 23.6. The molecule has 7 N–H and O–H groups in total. The lowest BCUT2D eigenvalue weighted by Crippen LogP contribution is -2.60. The third kappa shape index (κ3) is 7.33. The monoisotopic (exact) mass is 538 g/mol. The van der Waals surface area contributed by atoms with E-state index in [-0.39, 0.29) is 64.0 Å². The van der Waals surface area contributed by atoms with Crippen molar-refractivity contribution in [3.05, 3.63) is 47.5 Å². The molecule has 1 fully saturated rings. The highest BCUT2D eigenvalue weighted by atomic mass is 32.1. The van der Waals surface area contributed by atoms with Crippen LogP contribution in [0.25, 0.3) is 0 Å². The van der Waals surface area contributed by atoms with Gasteiger partial charge >= 0.3 is 0 Å². The zero-order valence-electron chi connectivity index (χ0n) is 17.8. The fourth-order valence-corrected chi connectivity index (χ4v) is 3.30. The van der Waals surface area contributed by atoms with Crippen molar-refractivity contribution in [3.63, 3.8) is 0 Å². The number of phenolic OH excluding ortho intramolecular Hbond substituents is 3. The van der Waals surface area contributed by atoms with Crippen LogP contribution in [-0.4, -0.2) is 78.8 Å². The van der Waals surface area contributed by atoms with Crippen LogP contribution in [-0.2, 0) is 11.2 Å². The zero-order valence-corrected chi connectivity index (χ0v) is 20.8. The first-order valence-electron chi connectivity index (χ1n) is 9.55. The summed E-state index contributed by atoms with van der Waals surface area (Å²) >= 11 is 0. The lowest BCUT2D eigenvalue weighted by atomic mass is 9.99. The van der Waals surface area contributed by atoms with Crippen molar-refractivity contribution >= 4 is 46.3 Å². The van der Waals surface area contributed by atoms with Crippen LogP contribution >= 0.6 is 40.5 Å². The molecule has 1 aliphatic heterocycles. The van der Waals surface area contributed by atoms with Crippen LogP contribution in [0.2, 0.25) is 0 Å². The van der Waals surface area contributed by atoms with Gasteiger partial charge in [-0.25, -0.2) is 0 Å². The average molecular weight is 539 g/mol. The molecule has 192 valence electrons. The summed E-state index contributed by atoms with van der Waals surface area (Å²) in [5.74, 6) is -1.74. The molecule has 0 amide bonds. The summed E-state index contributed by atoms with van der Waals surface area (Å²) in [6.07, 6.45) is -7.61. The highest BCUT2D eigenvalue weighted by molar-refractivity contribution is 7.59. The molecule has 0 saturated carbocycles. The van der Waals surface area contributed by atoms with E-state index in [1.165, 1.54) is 12.1 Å². The highest BCUT2D eigenvalue weighted by Crippen LogP contribution is 2.36. The number of hydrogen-bond donors (Lipinski definition) is 7. The van der Waals surface area contributed by atoms with Gasteiger partial charge in [0.2, 0.25) is 6.29 Å². The first-order chi connectivity index (χ1) is 14.7. The van der Waals surface area contributed by atoms with Crippen LogP contribution < -0.4 is 4.74 Å². The Balaban J connectivity index is 0.00000363. The number of carbonyl (C=O) groups is 1. The SMILES string of the molecule is O=C(CCc1ccc(O)cc1)c1c(O)cc(O)cc1O[C@@H]1O[C@H](CO)C(O)[C@H](O)[C@H]1O.S.S.S. The smallest absolute Gasteiger partial charge is 0.229 e. The molecule has 0 radical (unpaired) electrons. The molecule has 1 heterocycles. The molecule has 34 heavy (non-hydrogen) atoms. The van der Waals surface area contributed by atoms with Gasteiger partial charge in [0.05, 0.1) is 6.61 Å². The number of aromatic hydroxyl groups is 3. The Morgan fingerprint density at radius 1 is 0.882 bits per heavy atom. The number of phenols is 3. The Bertz CT molecular complexity index is 926. The molecular weight excluding hydrogens is 508 g/mol. The van der Waals surface area contributed by atoms with Crippen molar-refractivity contribution in [2.45, 2.75) is 43.5 Å². The molecule has 1 aliphatic rings. The molecule has 2 aromatic carbocycles. The van der Waals surface area contributed by atoms with Gasteiger partial charge in [-0.2, -0.15) is 40.5 Å². The van der Waals surface area contributed by atoms with Crippen molar-refractivity contribution in [2.24, 2.45) is 0 Å². The standard InChI is InChI=1S/C21H24O10.3H2S/c22-9-16-18(27)19(28)20(29)21(31-16)30-15-8-12(24)7-14(26)17(15)13(25)6-3-10-1-4-11(23)5-2-10;;;/h1-2,4-5,7-8,16,18-24,26-29H,3,6,9H2;3*1H2/t16-,18?,19+,20-,21-;;;/m1.../s1. The van der Waals surface area contributed by atoms with E-state index in [4.69, 9.17) is 9.47 Å². The van der Waals surface area contributed by atoms with Gasteiger partial charge in [-0.05, 0) is 24.1 Å². The molecular formula is C21H30O10S3. The summed E-state index contributed by atoms with van der Waals surface area (Å²) in [5.41, 5.74) is 0.495. The van der Waals surface area contributed by atoms with E-state index in [2.05, 4.69) is 0 Å². The molecule has 1 unspecified atom stereocenters. The molecule has 0 spiro atoms. The minimum atomic E-state index is -1.73. The van der Waals surface area contributed by atoms with E-state index in [1.54, 1.807) is 12.1 Å². The van der Waals surface area contributed by atoms with E-state index in [9.17, 15) is 40.5 Å². The molecule has 10 nitrogen and oxygen atoms in total. The number of aryl methyl sites for hydroxylation is 1. The van der Waals surface area contributed by atoms with Crippen molar-refractivity contribution in [1.82, 2.24) is 0 Å². The summed E-state index contributed by atoms with van der Waals surface area (Å²) in [7, 11) is 0. The Labute approximate surface area is 216 Å². The van der Waals surface area contributed by atoms with Gasteiger partial charge in [0.1, 0.15) is 53.0 Å². The fourth-order valence-electron chi connectivity index (χ4n) is 3.30. The molecule has 2 aromatic rings. The average Bonchev–Trinajstić information content (AvgIpc) is 2.73. The number of ether oxygens (including phenoxy) is 2. The maximum atomic E-state index is 12.8. The van der Waals surface area contributed by atoms with Crippen molar-refractivity contribution < 1.29 is 50.0 Å². The number of Topliss-reactive ketones (excluding diaryl/α,β-unsaturated/α-hetero) is 1. The van der Waals surface area contributed by atoms with Crippen molar-refractivity contribution in [1.29, 1.82) is 0 Å². The van der Waals surface area contributed by atoms with Crippen LogP contribution in [0.5, 0.6) is 23.0 Å². The Kier molecular flexibility index (Phi) is 13.1. The summed E-state index contributed by atoms with van der Waals surface area (Å²) < 4.78 is 10.7. The van der Waals surface area contributed by atoms with E-state index in [0.29, 0.717) is 6.42 Å². The number of hydrogen-bond acceptors (Lipinski definition) is 10. The third-order valence-electron chi connectivity index (χ3n) is 5.01. The third-order valence-corrected chi connectivity index (χ3v) is 5.01. The van der Waals surface area contributed by atoms with Crippen LogP contribution in [0.15, 0.2) is 36.4 Å². The second kappa shape index (κ2) is 13.9. The summed E-state index contributed by atoms with van der Waals surface area (Å²) in [5, 5.41) is 68.6. The van der Waals surface area contributed by atoms with Gasteiger partial charge in [0.15, 0.2) is 5.78 Å². The number of aliphatic hydroxyl groups is 4. The lowest BCUT2D eigenvalue weighted by Gasteiger charge is -2.39. The van der Waals surface area contributed by atoms with Crippen molar-refractivity contribution in [2.75, 3.05) is 6.61 Å². The number of ketones is 1. The molecule has 1 saturated heterocycles. The largest absolute Gasteiger partial charge is 0.508 e. The number of carbonyl (C=O) groups excluding carboxylic acids is 1. The van der Waals surface area contributed by atoms with Crippen LogP contribution in [0.3, 0.4) is 0 Å². The number of benzene rings is 2. The first kappa shape index (κ1) is 32.2. The molecule has 13 heteroatoms. The summed E-state index contributed by atoms with van der Waals surface area (Å²) in [6, 6.07) is 8.23. The molecule has 0 bridgehead atoms. The van der Waals surface area contributed by atoms with Crippen LogP contribution in [0, 0.1) is 0 Å². The minimum absolute atomic E-state index is 0. The van der Waals surface area contributed by atoms with Gasteiger partial charge in [-0.1, -0.05) is 12.1 Å². The van der Waals surface area contributed by atoms with Gasteiger partial charge in [0, 0.05) is 18.6 Å². The Morgan fingerprint density at radius 3 is 2.09 bits per heavy atom. The Hall–Kier alpha value is -1.84. The molecule has 5 atom stereocenters. The van der Waals surface area contributed by atoms with Crippen LogP contribution in [0.1, 0.15) is 22.3 Å². The maximum Gasteiger partial charge on any atom is 0.229 e. The Morgan fingerprint density at radius 2 is 1.50 bits per heavy atom. The maximum absolute atomic E-state index is 12.8. The van der Waals surface area contributed by atoms with E-state index in [1.807, 2.05) is 0 Å². The van der Waals surface area contributed by atoms with E-state index >= 15 is 0 Å². The second-order valence-electron chi connectivity index (χ2n) is 7.24. The van der Waals surface area contributed by atoms with Crippen LogP contribution in [0.4, 0.5) is 0 Å². The first-order valence-corrected chi connectivity index (χ1v) is 9.55. The zero-order chi connectivity index (χ0) is 22.7.